The summed E-state index contributed by atoms with van der Waals surface area (Å²) in [7, 11) is 0. The van der Waals surface area contributed by atoms with Crippen LogP contribution in [0.1, 0.15) is 10.4 Å². The minimum Gasteiger partial charge on any atom is -0.503 e. The van der Waals surface area contributed by atoms with E-state index in [1.807, 2.05) is 0 Å². The molecule has 19 heavy (non-hydrogen) atoms. The first-order valence-electron chi connectivity index (χ1n) is 5.34. The molecular formula is C11H10F3NO4. The number of carbonyl (C=O) groups excluding carboxylic acids is 1. The number of carbonyl (C=O) groups is 1. The number of aromatic hydroxyl groups is 1. The second kappa shape index (κ2) is 4.71. The molecule has 0 spiro atoms. The number of phenols is 1. The zero-order valence-electron chi connectivity index (χ0n) is 9.48. The zero-order chi connectivity index (χ0) is 14.3. The molecule has 0 bridgehead atoms. The summed E-state index contributed by atoms with van der Waals surface area (Å²) in [6.45, 7) is -0.529. The Morgan fingerprint density at radius 2 is 1.68 bits per heavy atom. The van der Waals surface area contributed by atoms with Crippen LogP contribution in [0.5, 0.6) is 5.75 Å². The predicted octanol–water partition coefficient (Wildman–Crippen LogP) is -0.0129. The lowest BCUT2D eigenvalue weighted by Gasteiger charge is -2.16. The molecular weight excluding hydrogens is 267 g/mol. The maximum Gasteiger partial charge on any atom is 0.257 e. The van der Waals surface area contributed by atoms with Gasteiger partial charge < -0.3 is 20.2 Å². The second-order valence-corrected chi connectivity index (χ2v) is 4.23. The van der Waals surface area contributed by atoms with Crippen molar-refractivity contribution in [3.63, 3.8) is 0 Å². The van der Waals surface area contributed by atoms with Gasteiger partial charge in [0.25, 0.3) is 5.91 Å². The van der Waals surface area contributed by atoms with E-state index in [-0.39, 0.29) is 13.1 Å². The molecule has 1 fully saturated rings. The molecule has 1 heterocycles. The van der Waals surface area contributed by atoms with Crippen LogP contribution in [-0.2, 0) is 0 Å². The normalized spacial score (nSPS) is 22.9. The van der Waals surface area contributed by atoms with Crippen molar-refractivity contribution < 1.29 is 33.3 Å². The number of hydrogen-bond donors (Lipinski definition) is 3. The van der Waals surface area contributed by atoms with Gasteiger partial charge in [-0.25, -0.2) is 8.78 Å². The summed E-state index contributed by atoms with van der Waals surface area (Å²) in [5, 5.41) is 27.5. The maximum atomic E-state index is 13.5. The van der Waals surface area contributed by atoms with Crippen LogP contribution in [0.25, 0.3) is 0 Å². The van der Waals surface area contributed by atoms with Crippen LogP contribution in [-0.4, -0.2) is 51.4 Å². The minimum atomic E-state index is -1.78. The van der Waals surface area contributed by atoms with Gasteiger partial charge >= 0.3 is 0 Å². The number of hydrogen-bond acceptors (Lipinski definition) is 4. The van der Waals surface area contributed by atoms with E-state index in [2.05, 4.69) is 0 Å². The van der Waals surface area contributed by atoms with Crippen LogP contribution >= 0.6 is 0 Å². The van der Waals surface area contributed by atoms with Crippen LogP contribution in [0.2, 0.25) is 0 Å². The topological polar surface area (TPSA) is 81.0 Å². The number of aliphatic hydroxyl groups excluding tert-OH is 2. The van der Waals surface area contributed by atoms with E-state index >= 15 is 0 Å². The standard InChI is InChI=1S/C11H10F3NO4/c12-5-1-4(8(13)10(18)9(5)14)11(19)15-2-6(16)7(17)3-15/h1,6-7,16-18H,2-3H2. The van der Waals surface area contributed by atoms with Crippen LogP contribution in [0.3, 0.4) is 0 Å². The fourth-order valence-electron chi connectivity index (χ4n) is 1.85. The summed E-state index contributed by atoms with van der Waals surface area (Å²) in [6, 6.07) is 0.323. The Morgan fingerprint density at radius 3 is 2.21 bits per heavy atom. The third kappa shape index (κ3) is 2.24. The van der Waals surface area contributed by atoms with Gasteiger partial charge in [-0.05, 0) is 6.07 Å². The Hall–Kier alpha value is -1.80. The Labute approximate surface area is 105 Å². The predicted molar refractivity (Wildman–Crippen MR) is 55.9 cm³/mol. The van der Waals surface area contributed by atoms with Crippen LogP contribution in [0.15, 0.2) is 6.07 Å². The molecule has 0 aliphatic carbocycles. The van der Waals surface area contributed by atoms with Crippen molar-refractivity contribution in [2.45, 2.75) is 12.2 Å². The van der Waals surface area contributed by atoms with E-state index in [1.165, 1.54) is 0 Å². The molecule has 0 aromatic heterocycles. The SMILES string of the molecule is O=C(c1cc(F)c(F)c(O)c1F)N1CC(O)C(O)C1. The average Bonchev–Trinajstić information content (AvgIpc) is 2.71. The highest BCUT2D eigenvalue weighted by Gasteiger charge is 2.35. The smallest absolute Gasteiger partial charge is 0.257 e. The summed E-state index contributed by atoms with van der Waals surface area (Å²) in [5.41, 5.74) is -0.863. The van der Waals surface area contributed by atoms with E-state index in [9.17, 15) is 28.2 Å². The van der Waals surface area contributed by atoms with E-state index < -0.39 is 46.9 Å². The number of benzene rings is 1. The van der Waals surface area contributed by atoms with Crippen molar-refractivity contribution in [1.29, 1.82) is 0 Å². The zero-order valence-corrected chi connectivity index (χ0v) is 9.48. The number of rotatable bonds is 1. The molecule has 2 atom stereocenters. The first-order valence-corrected chi connectivity index (χ1v) is 5.34. The summed E-state index contributed by atoms with van der Waals surface area (Å²) in [4.78, 5) is 12.7. The number of halogens is 3. The molecule has 5 nitrogen and oxygen atoms in total. The molecule has 2 rings (SSSR count). The van der Waals surface area contributed by atoms with Crippen molar-refractivity contribution >= 4 is 5.91 Å². The van der Waals surface area contributed by atoms with E-state index in [1.54, 1.807) is 0 Å². The van der Waals surface area contributed by atoms with Gasteiger partial charge in [0, 0.05) is 13.1 Å². The number of aliphatic hydroxyl groups is 2. The van der Waals surface area contributed by atoms with E-state index in [0.29, 0.717) is 6.07 Å². The molecule has 104 valence electrons. The van der Waals surface area contributed by atoms with Crippen molar-refractivity contribution in [2.75, 3.05) is 13.1 Å². The third-order valence-corrected chi connectivity index (χ3v) is 2.91. The fourth-order valence-corrected chi connectivity index (χ4v) is 1.85. The molecule has 0 saturated carbocycles. The van der Waals surface area contributed by atoms with Crippen LogP contribution in [0, 0.1) is 17.5 Å². The van der Waals surface area contributed by atoms with Gasteiger partial charge in [0.2, 0.25) is 5.82 Å². The summed E-state index contributed by atoms with van der Waals surface area (Å²) in [6.07, 6.45) is -2.38. The monoisotopic (exact) mass is 277 g/mol. The lowest BCUT2D eigenvalue weighted by atomic mass is 10.1. The first-order chi connectivity index (χ1) is 8.82. The highest BCUT2D eigenvalue weighted by atomic mass is 19.2. The molecule has 0 radical (unpaired) electrons. The van der Waals surface area contributed by atoms with Gasteiger partial charge in [-0.2, -0.15) is 4.39 Å². The Bertz CT molecular complexity index is 527. The Kier molecular flexibility index (Phi) is 3.38. The first kappa shape index (κ1) is 13.6. The lowest BCUT2D eigenvalue weighted by Crippen LogP contribution is -2.30. The van der Waals surface area contributed by atoms with Gasteiger partial charge in [-0.15, -0.1) is 0 Å². The molecule has 3 N–H and O–H groups in total. The van der Waals surface area contributed by atoms with Crippen molar-refractivity contribution in [2.24, 2.45) is 0 Å². The summed E-state index contributed by atoms with van der Waals surface area (Å²) < 4.78 is 39.4. The Balaban J connectivity index is 2.35. The quantitative estimate of drug-likeness (QED) is 0.631. The number of nitrogens with zero attached hydrogens (tertiary/aromatic N) is 1. The third-order valence-electron chi connectivity index (χ3n) is 2.91. The molecule has 1 amide bonds. The van der Waals surface area contributed by atoms with E-state index in [4.69, 9.17) is 5.11 Å². The van der Waals surface area contributed by atoms with E-state index in [0.717, 1.165) is 4.90 Å². The van der Waals surface area contributed by atoms with Gasteiger partial charge in [0.15, 0.2) is 17.4 Å². The molecule has 1 aliphatic heterocycles. The van der Waals surface area contributed by atoms with Gasteiger partial charge in [-0.3, -0.25) is 4.79 Å². The molecule has 1 saturated heterocycles. The highest BCUT2D eigenvalue weighted by Crippen LogP contribution is 2.27. The van der Waals surface area contributed by atoms with Gasteiger partial charge in [0.05, 0.1) is 17.8 Å². The van der Waals surface area contributed by atoms with Crippen molar-refractivity contribution in [3.05, 3.63) is 29.1 Å². The molecule has 1 aromatic rings. The van der Waals surface area contributed by atoms with Gasteiger partial charge in [-0.1, -0.05) is 0 Å². The fraction of sp³-hybridized carbons (Fsp3) is 0.364. The summed E-state index contributed by atoms with van der Waals surface area (Å²) >= 11 is 0. The average molecular weight is 277 g/mol. The largest absolute Gasteiger partial charge is 0.503 e. The molecule has 1 aliphatic rings. The van der Waals surface area contributed by atoms with Crippen molar-refractivity contribution in [1.82, 2.24) is 4.90 Å². The number of β-amino-alcohol motifs (C(OH)–C–C–N with tert-alkyl or cyclic N) is 2. The van der Waals surface area contributed by atoms with Crippen molar-refractivity contribution in [3.8, 4) is 5.75 Å². The molecule has 1 aromatic carbocycles. The number of likely N-dealkylation sites (tertiary alicyclic amines) is 1. The lowest BCUT2D eigenvalue weighted by molar-refractivity contribution is 0.0572. The molecule has 8 heteroatoms. The summed E-state index contributed by atoms with van der Waals surface area (Å²) in [5.74, 6) is -7.57. The minimum absolute atomic E-state index is 0.265. The molecule has 2 unspecified atom stereocenters. The highest BCUT2D eigenvalue weighted by molar-refractivity contribution is 5.95. The van der Waals surface area contributed by atoms with Gasteiger partial charge in [0.1, 0.15) is 0 Å². The van der Waals surface area contributed by atoms with Crippen LogP contribution in [0.4, 0.5) is 13.2 Å². The second-order valence-electron chi connectivity index (χ2n) is 4.23. The Morgan fingerprint density at radius 1 is 1.16 bits per heavy atom. The van der Waals surface area contributed by atoms with Crippen LogP contribution < -0.4 is 0 Å². The number of phenolic OH excluding ortho intramolecular Hbond substituents is 1. The number of amides is 1. The maximum absolute atomic E-state index is 13.5.